The molecule has 0 aromatic carbocycles. The van der Waals surface area contributed by atoms with E-state index in [1.54, 1.807) is 26.8 Å². The molecular weight excluding hydrogens is 156 g/mol. The van der Waals surface area contributed by atoms with Crippen molar-refractivity contribution in [1.82, 2.24) is 0 Å². The lowest BCUT2D eigenvalue weighted by molar-refractivity contribution is -0.166. The molecule has 0 atom stereocenters. The average Bonchev–Trinajstić information content (AvgIpc) is 2.01. The first-order valence-corrected chi connectivity index (χ1v) is 3.96. The molecule has 0 aromatic heterocycles. The van der Waals surface area contributed by atoms with E-state index >= 15 is 0 Å². The smallest absolute Gasteiger partial charge is 0.337 e. The molecule has 0 aliphatic carbocycles. The number of hydrogen-bond donors (Lipinski definition) is 0. The second-order valence-electron chi connectivity index (χ2n) is 2.83. The zero-order chi connectivity index (χ0) is 9.61. The number of rotatable bonds is 5. The topological polar surface area (TPSA) is 35.5 Å². The van der Waals surface area contributed by atoms with Gasteiger partial charge < -0.3 is 9.47 Å². The van der Waals surface area contributed by atoms with E-state index in [2.05, 4.69) is 6.58 Å². The summed E-state index contributed by atoms with van der Waals surface area (Å²) in [7, 11) is 0. The Morgan fingerprint density at radius 2 is 2.17 bits per heavy atom. The summed E-state index contributed by atoms with van der Waals surface area (Å²) in [6.45, 7) is 9.34. The lowest BCUT2D eigenvalue weighted by Crippen LogP contribution is -2.36. The number of ether oxygens (including phenoxy) is 2. The van der Waals surface area contributed by atoms with Gasteiger partial charge in [0.05, 0.1) is 13.2 Å². The highest BCUT2D eigenvalue weighted by Gasteiger charge is 2.29. The molecule has 0 radical (unpaired) electrons. The van der Waals surface area contributed by atoms with E-state index in [1.165, 1.54) is 0 Å². The van der Waals surface area contributed by atoms with Crippen LogP contribution in [-0.4, -0.2) is 24.8 Å². The van der Waals surface area contributed by atoms with Crippen LogP contribution >= 0.6 is 0 Å². The van der Waals surface area contributed by atoms with Gasteiger partial charge in [-0.05, 0) is 20.8 Å². The largest absolute Gasteiger partial charge is 0.464 e. The summed E-state index contributed by atoms with van der Waals surface area (Å²) >= 11 is 0. The van der Waals surface area contributed by atoms with E-state index in [4.69, 9.17) is 9.47 Å². The van der Waals surface area contributed by atoms with E-state index < -0.39 is 5.60 Å². The highest BCUT2D eigenvalue weighted by atomic mass is 16.6. The molecule has 0 fully saturated rings. The zero-order valence-electron chi connectivity index (χ0n) is 7.92. The van der Waals surface area contributed by atoms with Crippen LogP contribution < -0.4 is 0 Å². The fraction of sp³-hybridized carbons (Fsp3) is 0.667. The number of carbonyl (C=O) groups excluding carboxylic acids is 1. The van der Waals surface area contributed by atoms with Crippen LogP contribution in [0, 0.1) is 0 Å². The Morgan fingerprint density at radius 3 is 2.58 bits per heavy atom. The molecule has 0 aliphatic rings. The normalized spacial score (nSPS) is 10.9. The van der Waals surface area contributed by atoms with Crippen molar-refractivity contribution in [3.63, 3.8) is 0 Å². The molecule has 0 unspecified atom stereocenters. The fourth-order valence-electron chi connectivity index (χ4n) is 0.631. The Bertz CT molecular complexity index is 161. The average molecular weight is 172 g/mol. The maximum atomic E-state index is 11.2. The van der Waals surface area contributed by atoms with Gasteiger partial charge in [-0.2, -0.15) is 0 Å². The molecule has 0 bridgehead atoms. The van der Waals surface area contributed by atoms with Gasteiger partial charge in [-0.1, -0.05) is 6.08 Å². The molecule has 0 spiro atoms. The minimum atomic E-state index is -0.871. The molecule has 0 heterocycles. The summed E-state index contributed by atoms with van der Waals surface area (Å²) < 4.78 is 10.0. The molecule has 0 aliphatic heterocycles. The van der Waals surface area contributed by atoms with Crippen molar-refractivity contribution in [3.05, 3.63) is 12.7 Å². The Hall–Kier alpha value is -0.830. The van der Waals surface area contributed by atoms with Crippen molar-refractivity contribution in [2.45, 2.75) is 26.4 Å². The summed E-state index contributed by atoms with van der Waals surface area (Å²) in [5, 5.41) is 0. The minimum Gasteiger partial charge on any atom is -0.464 e. The van der Waals surface area contributed by atoms with Crippen molar-refractivity contribution in [1.29, 1.82) is 0 Å². The van der Waals surface area contributed by atoms with Gasteiger partial charge in [-0.3, -0.25) is 0 Å². The quantitative estimate of drug-likeness (QED) is 0.466. The van der Waals surface area contributed by atoms with Crippen LogP contribution in [0.3, 0.4) is 0 Å². The van der Waals surface area contributed by atoms with Crippen molar-refractivity contribution >= 4 is 5.97 Å². The number of hydrogen-bond acceptors (Lipinski definition) is 3. The van der Waals surface area contributed by atoms with Crippen LogP contribution in [0.25, 0.3) is 0 Å². The third-order valence-electron chi connectivity index (χ3n) is 1.33. The second-order valence-corrected chi connectivity index (χ2v) is 2.83. The molecule has 0 aromatic rings. The van der Waals surface area contributed by atoms with E-state index in [0.717, 1.165) is 0 Å². The highest BCUT2D eigenvalue weighted by Crippen LogP contribution is 2.11. The van der Waals surface area contributed by atoms with Gasteiger partial charge in [0.15, 0.2) is 5.60 Å². The molecule has 0 saturated carbocycles. The van der Waals surface area contributed by atoms with Crippen molar-refractivity contribution in [2.24, 2.45) is 0 Å². The predicted molar refractivity (Wildman–Crippen MR) is 46.9 cm³/mol. The first kappa shape index (κ1) is 11.2. The predicted octanol–water partition coefficient (Wildman–Crippen LogP) is 1.53. The zero-order valence-corrected chi connectivity index (χ0v) is 7.92. The number of esters is 1. The van der Waals surface area contributed by atoms with Crippen molar-refractivity contribution < 1.29 is 14.3 Å². The third kappa shape index (κ3) is 3.53. The van der Waals surface area contributed by atoms with Gasteiger partial charge in [0, 0.05) is 0 Å². The molecule has 0 rings (SSSR count). The third-order valence-corrected chi connectivity index (χ3v) is 1.33. The summed E-state index contributed by atoms with van der Waals surface area (Å²) in [5.74, 6) is -0.341. The van der Waals surface area contributed by atoms with Gasteiger partial charge in [0.2, 0.25) is 0 Å². The SMILES string of the molecule is C=CCOC(C)(C)C(=O)OCC. The summed E-state index contributed by atoms with van der Waals surface area (Å²) in [4.78, 5) is 11.2. The Kier molecular flexibility index (Phi) is 4.59. The molecule has 70 valence electrons. The summed E-state index contributed by atoms with van der Waals surface area (Å²) in [6.07, 6.45) is 1.60. The van der Waals surface area contributed by atoms with Crippen LogP contribution in [0.5, 0.6) is 0 Å². The molecule has 0 amide bonds. The van der Waals surface area contributed by atoms with Crippen LogP contribution in [0.2, 0.25) is 0 Å². The van der Waals surface area contributed by atoms with Crippen LogP contribution in [0.15, 0.2) is 12.7 Å². The van der Waals surface area contributed by atoms with Crippen LogP contribution in [0.1, 0.15) is 20.8 Å². The van der Waals surface area contributed by atoms with Gasteiger partial charge in [-0.25, -0.2) is 4.79 Å². The first-order chi connectivity index (χ1) is 5.54. The van der Waals surface area contributed by atoms with E-state index in [0.29, 0.717) is 13.2 Å². The lowest BCUT2D eigenvalue weighted by Gasteiger charge is -2.21. The molecule has 3 heteroatoms. The molecule has 0 N–H and O–H groups in total. The van der Waals surface area contributed by atoms with Gasteiger partial charge in [0.25, 0.3) is 0 Å². The van der Waals surface area contributed by atoms with Crippen LogP contribution in [0.4, 0.5) is 0 Å². The maximum absolute atomic E-state index is 11.2. The van der Waals surface area contributed by atoms with E-state index in [-0.39, 0.29) is 5.97 Å². The lowest BCUT2D eigenvalue weighted by atomic mass is 10.1. The Labute approximate surface area is 73.4 Å². The van der Waals surface area contributed by atoms with Gasteiger partial charge in [-0.15, -0.1) is 6.58 Å². The second kappa shape index (κ2) is 4.93. The Morgan fingerprint density at radius 1 is 1.58 bits per heavy atom. The summed E-state index contributed by atoms with van der Waals surface area (Å²) in [5.41, 5.74) is -0.871. The standard InChI is InChI=1S/C9H16O3/c1-5-7-12-9(3,4)8(10)11-6-2/h5H,1,6-7H2,2-4H3. The summed E-state index contributed by atoms with van der Waals surface area (Å²) in [6, 6.07) is 0. The Balaban J connectivity index is 3.98. The van der Waals surface area contributed by atoms with Crippen LogP contribution in [-0.2, 0) is 14.3 Å². The van der Waals surface area contributed by atoms with Gasteiger partial charge in [0.1, 0.15) is 0 Å². The minimum absolute atomic E-state index is 0.341. The molecule has 0 saturated heterocycles. The van der Waals surface area contributed by atoms with Crippen molar-refractivity contribution in [3.8, 4) is 0 Å². The van der Waals surface area contributed by atoms with Crippen molar-refractivity contribution in [2.75, 3.05) is 13.2 Å². The monoisotopic (exact) mass is 172 g/mol. The van der Waals surface area contributed by atoms with E-state index in [9.17, 15) is 4.79 Å². The highest BCUT2D eigenvalue weighted by molar-refractivity contribution is 5.78. The molecular formula is C9H16O3. The first-order valence-electron chi connectivity index (χ1n) is 3.96. The molecule has 12 heavy (non-hydrogen) atoms. The molecule has 3 nitrogen and oxygen atoms in total. The van der Waals surface area contributed by atoms with E-state index in [1.807, 2.05) is 0 Å². The van der Waals surface area contributed by atoms with Gasteiger partial charge >= 0.3 is 5.97 Å². The fourth-order valence-corrected chi connectivity index (χ4v) is 0.631. The number of carbonyl (C=O) groups is 1. The maximum Gasteiger partial charge on any atom is 0.337 e.